The van der Waals surface area contributed by atoms with E-state index in [4.69, 9.17) is 16.3 Å². The number of amides is 1. The van der Waals surface area contributed by atoms with Crippen LogP contribution in [0.15, 0.2) is 36.7 Å². The zero-order chi connectivity index (χ0) is 22.9. The Morgan fingerprint density at radius 3 is 2.62 bits per heavy atom. The van der Waals surface area contributed by atoms with Crippen LogP contribution in [-0.2, 0) is 11.2 Å². The van der Waals surface area contributed by atoms with E-state index in [1.807, 2.05) is 60.1 Å². The zero-order valence-electron chi connectivity index (χ0n) is 18.7. The molecule has 1 unspecified atom stereocenters. The van der Waals surface area contributed by atoms with Crippen LogP contribution in [0.5, 0.6) is 5.75 Å². The van der Waals surface area contributed by atoms with Gasteiger partial charge in [-0.3, -0.25) is 9.78 Å². The maximum absolute atomic E-state index is 13.3. The molecule has 8 heteroatoms. The number of nitrogens with zero attached hydrogens (tertiary/aromatic N) is 5. The number of likely N-dealkylation sites (tertiary alicyclic amines) is 1. The third-order valence-corrected chi connectivity index (χ3v) is 6.77. The summed E-state index contributed by atoms with van der Waals surface area (Å²) in [7, 11) is 5.78. The van der Waals surface area contributed by atoms with Gasteiger partial charge in [0.1, 0.15) is 5.75 Å². The third-order valence-electron chi connectivity index (χ3n) is 6.47. The third kappa shape index (κ3) is 4.33. The number of anilines is 2. The van der Waals surface area contributed by atoms with Crippen LogP contribution in [0.25, 0.3) is 0 Å². The van der Waals surface area contributed by atoms with Crippen molar-refractivity contribution in [3.63, 3.8) is 0 Å². The first kappa shape index (κ1) is 22.2. The quantitative estimate of drug-likeness (QED) is 0.706. The lowest BCUT2D eigenvalue weighted by Gasteiger charge is -2.40. The molecule has 2 aliphatic rings. The van der Waals surface area contributed by atoms with Crippen molar-refractivity contribution in [2.75, 3.05) is 50.6 Å². The van der Waals surface area contributed by atoms with Gasteiger partial charge in [0.25, 0.3) is 5.91 Å². The lowest BCUT2D eigenvalue weighted by molar-refractivity contribution is -0.140. The van der Waals surface area contributed by atoms with Crippen molar-refractivity contribution in [2.45, 2.75) is 25.4 Å². The van der Waals surface area contributed by atoms with Crippen molar-refractivity contribution in [3.8, 4) is 11.8 Å². The van der Waals surface area contributed by atoms with Crippen LogP contribution in [0.1, 0.15) is 18.4 Å². The number of rotatable bonds is 4. The van der Waals surface area contributed by atoms with E-state index in [-0.39, 0.29) is 5.91 Å². The second-order valence-electron chi connectivity index (χ2n) is 8.90. The number of carbonyl (C=O) groups excluding carboxylic acids is 1. The molecule has 1 saturated heterocycles. The molecule has 0 aliphatic carbocycles. The molecule has 1 aromatic heterocycles. The van der Waals surface area contributed by atoms with E-state index in [9.17, 15) is 10.1 Å². The second-order valence-corrected chi connectivity index (χ2v) is 9.31. The summed E-state index contributed by atoms with van der Waals surface area (Å²) in [5.74, 6) is 0.630. The molecule has 0 saturated carbocycles. The molecule has 4 rings (SSSR count). The number of ether oxygens (including phenoxy) is 1. The summed E-state index contributed by atoms with van der Waals surface area (Å²) in [5.41, 5.74) is 2.38. The van der Waals surface area contributed by atoms with Gasteiger partial charge in [0.2, 0.25) is 0 Å². The number of piperidine rings is 1. The average molecular weight is 454 g/mol. The molecule has 1 amide bonds. The van der Waals surface area contributed by atoms with Gasteiger partial charge >= 0.3 is 0 Å². The lowest BCUT2D eigenvalue weighted by Crippen LogP contribution is -2.52. The number of benzene rings is 1. The van der Waals surface area contributed by atoms with E-state index in [1.54, 1.807) is 12.4 Å². The van der Waals surface area contributed by atoms with Gasteiger partial charge < -0.3 is 19.4 Å². The first-order chi connectivity index (χ1) is 15.3. The molecule has 0 spiro atoms. The molecule has 1 fully saturated rings. The van der Waals surface area contributed by atoms with Crippen LogP contribution in [0, 0.1) is 16.7 Å². The fourth-order valence-corrected chi connectivity index (χ4v) is 4.84. The number of nitriles is 1. The standard InChI is InChI=1S/C24H28ClN5O2/c1-28(2)19-13-21-20(12-18(19)25)29(3)15-22(32-21)23(31)30-10-6-24(16-26,7-11-30)14-17-4-8-27-9-5-17/h4-5,8-9,12-13,22H,6-7,10-11,14-15H2,1-3H3. The van der Waals surface area contributed by atoms with E-state index in [2.05, 4.69) is 11.1 Å². The van der Waals surface area contributed by atoms with Crippen LogP contribution in [0.2, 0.25) is 5.02 Å². The highest BCUT2D eigenvalue weighted by molar-refractivity contribution is 6.33. The topological polar surface area (TPSA) is 72.7 Å². The first-order valence-electron chi connectivity index (χ1n) is 10.8. The molecule has 0 radical (unpaired) electrons. The number of fused-ring (bicyclic) bond motifs is 1. The normalized spacial score (nSPS) is 19.5. The number of halogens is 1. The van der Waals surface area contributed by atoms with Gasteiger partial charge in [0.15, 0.2) is 6.10 Å². The summed E-state index contributed by atoms with van der Waals surface area (Å²) < 4.78 is 6.15. The lowest BCUT2D eigenvalue weighted by atomic mass is 9.75. The molecular formula is C24H28ClN5O2. The van der Waals surface area contributed by atoms with Crippen molar-refractivity contribution in [3.05, 3.63) is 47.2 Å². The van der Waals surface area contributed by atoms with E-state index in [0.29, 0.717) is 49.7 Å². The molecular weight excluding hydrogens is 426 g/mol. The molecule has 7 nitrogen and oxygen atoms in total. The summed E-state index contributed by atoms with van der Waals surface area (Å²) >= 11 is 6.41. The maximum atomic E-state index is 13.3. The Bertz CT molecular complexity index is 1030. The van der Waals surface area contributed by atoms with Gasteiger partial charge in [-0.2, -0.15) is 5.26 Å². The number of hydrogen-bond donors (Lipinski definition) is 0. The van der Waals surface area contributed by atoms with Gasteiger partial charge in [0.05, 0.1) is 34.4 Å². The Hall–Kier alpha value is -2.98. The number of pyridine rings is 1. The molecule has 1 atom stereocenters. The number of hydrogen-bond acceptors (Lipinski definition) is 6. The van der Waals surface area contributed by atoms with Crippen molar-refractivity contribution in [1.82, 2.24) is 9.88 Å². The van der Waals surface area contributed by atoms with Crippen molar-refractivity contribution in [1.29, 1.82) is 5.26 Å². The fourth-order valence-electron chi connectivity index (χ4n) is 4.51. The minimum atomic E-state index is -0.585. The number of aromatic nitrogens is 1. The smallest absolute Gasteiger partial charge is 0.265 e. The molecule has 1 aromatic carbocycles. The van der Waals surface area contributed by atoms with Crippen LogP contribution < -0.4 is 14.5 Å². The van der Waals surface area contributed by atoms with Crippen molar-refractivity contribution >= 4 is 28.9 Å². The van der Waals surface area contributed by atoms with Crippen molar-refractivity contribution < 1.29 is 9.53 Å². The number of carbonyl (C=O) groups is 1. The van der Waals surface area contributed by atoms with Gasteiger partial charge in [-0.25, -0.2) is 0 Å². The molecule has 168 valence electrons. The second kappa shape index (κ2) is 8.87. The molecule has 0 bridgehead atoms. The van der Waals surface area contributed by atoms with Gasteiger partial charge in [-0.05, 0) is 43.0 Å². The van der Waals surface area contributed by atoms with E-state index < -0.39 is 11.5 Å². The fraction of sp³-hybridized carbons (Fsp3) is 0.458. The van der Waals surface area contributed by atoms with E-state index in [0.717, 1.165) is 16.9 Å². The molecule has 0 N–H and O–H groups in total. The highest BCUT2D eigenvalue weighted by atomic mass is 35.5. The Balaban J connectivity index is 1.45. The monoisotopic (exact) mass is 453 g/mol. The molecule has 2 aromatic rings. The summed E-state index contributed by atoms with van der Waals surface area (Å²) in [5, 5.41) is 10.5. The Morgan fingerprint density at radius 1 is 1.31 bits per heavy atom. The Morgan fingerprint density at radius 2 is 2.00 bits per heavy atom. The van der Waals surface area contributed by atoms with E-state index in [1.165, 1.54) is 0 Å². The molecule has 3 heterocycles. The van der Waals surface area contributed by atoms with Gasteiger partial charge in [-0.1, -0.05) is 11.6 Å². The minimum Gasteiger partial charge on any atom is -0.476 e. The Kier molecular flexibility index (Phi) is 6.16. The number of likely N-dealkylation sites (N-methyl/N-ethyl adjacent to an activating group) is 1. The SMILES string of the molecule is CN(C)c1cc2c(cc1Cl)N(C)CC(C(=O)N1CCC(C#N)(Cc3ccncc3)CC1)O2. The Labute approximate surface area is 194 Å². The van der Waals surface area contributed by atoms with Crippen LogP contribution in [0.3, 0.4) is 0 Å². The largest absolute Gasteiger partial charge is 0.476 e. The first-order valence-corrected chi connectivity index (χ1v) is 11.2. The van der Waals surface area contributed by atoms with E-state index >= 15 is 0 Å². The maximum Gasteiger partial charge on any atom is 0.265 e. The molecule has 2 aliphatic heterocycles. The zero-order valence-corrected chi connectivity index (χ0v) is 19.5. The van der Waals surface area contributed by atoms with Crippen LogP contribution >= 0.6 is 11.6 Å². The summed E-state index contributed by atoms with van der Waals surface area (Å²) in [6.45, 7) is 1.56. The predicted molar refractivity (Wildman–Crippen MR) is 125 cm³/mol. The van der Waals surface area contributed by atoms with Gasteiger partial charge in [-0.15, -0.1) is 0 Å². The summed E-state index contributed by atoms with van der Waals surface area (Å²) in [6.07, 6.45) is 4.90. The van der Waals surface area contributed by atoms with Crippen LogP contribution in [-0.4, -0.2) is 62.7 Å². The highest BCUT2D eigenvalue weighted by Gasteiger charge is 2.39. The summed E-state index contributed by atoms with van der Waals surface area (Å²) in [6, 6.07) is 10.2. The van der Waals surface area contributed by atoms with Crippen LogP contribution in [0.4, 0.5) is 11.4 Å². The average Bonchev–Trinajstić information content (AvgIpc) is 2.79. The van der Waals surface area contributed by atoms with Gasteiger partial charge in [0, 0.05) is 52.7 Å². The highest BCUT2D eigenvalue weighted by Crippen LogP contribution is 2.41. The predicted octanol–water partition coefficient (Wildman–Crippen LogP) is 3.37. The minimum absolute atomic E-state index is 0.0284. The molecule has 32 heavy (non-hydrogen) atoms. The summed E-state index contributed by atoms with van der Waals surface area (Å²) in [4.78, 5) is 23.1. The van der Waals surface area contributed by atoms with Crippen molar-refractivity contribution in [2.24, 2.45) is 5.41 Å².